The summed E-state index contributed by atoms with van der Waals surface area (Å²) < 4.78 is 2.05. The summed E-state index contributed by atoms with van der Waals surface area (Å²) in [6, 6.07) is 16.6. The van der Waals surface area contributed by atoms with Crippen LogP contribution in [-0.2, 0) is 6.42 Å². The van der Waals surface area contributed by atoms with E-state index in [2.05, 4.69) is 68.1 Å². The van der Waals surface area contributed by atoms with E-state index in [0.717, 1.165) is 62.9 Å². The Hall–Kier alpha value is -3.15. The van der Waals surface area contributed by atoms with Crippen LogP contribution < -0.4 is 5.32 Å². The number of pyridine rings is 1. The van der Waals surface area contributed by atoms with Gasteiger partial charge in [0.25, 0.3) is 0 Å². The summed E-state index contributed by atoms with van der Waals surface area (Å²) >= 11 is 0. The molecule has 0 bridgehead atoms. The first-order valence-electron chi connectivity index (χ1n) is 10.4. The quantitative estimate of drug-likeness (QED) is 0.399. The molecule has 3 heterocycles. The lowest BCUT2D eigenvalue weighted by Gasteiger charge is -2.30. The molecule has 0 radical (unpaired) electrons. The van der Waals surface area contributed by atoms with Crippen LogP contribution in [0.2, 0.25) is 0 Å². The third-order valence-corrected chi connectivity index (χ3v) is 5.19. The minimum Gasteiger partial charge on any atom is -0.357 e. The van der Waals surface area contributed by atoms with Crippen molar-refractivity contribution >= 4 is 17.2 Å². The standard InChI is InChI=1S/C23H28N6/c1-2-24-23(28-17-13-20(14-18-28)19-9-4-3-5-10-19)25-15-8-12-22-27-26-21-11-6-7-16-29(21)22/h3-7,9-11,13,16H,2,8,12,14-15,17-18H2,1H3,(H,24,25). The third-order valence-electron chi connectivity index (χ3n) is 5.19. The van der Waals surface area contributed by atoms with Gasteiger partial charge >= 0.3 is 0 Å². The van der Waals surface area contributed by atoms with Crippen molar-refractivity contribution in [1.82, 2.24) is 24.8 Å². The molecule has 0 atom stereocenters. The van der Waals surface area contributed by atoms with Crippen LogP contribution in [0.15, 0.2) is 65.8 Å². The molecule has 2 aromatic heterocycles. The molecule has 1 aliphatic heterocycles. The summed E-state index contributed by atoms with van der Waals surface area (Å²) in [5.41, 5.74) is 3.65. The van der Waals surface area contributed by atoms with Gasteiger partial charge in [-0.15, -0.1) is 10.2 Å². The predicted molar refractivity (Wildman–Crippen MR) is 118 cm³/mol. The lowest BCUT2D eigenvalue weighted by Crippen LogP contribution is -2.43. The maximum Gasteiger partial charge on any atom is 0.194 e. The highest BCUT2D eigenvalue weighted by atomic mass is 15.3. The SMILES string of the molecule is CCNC(=NCCCc1nnc2ccccn12)N1CC=C(c2ccccc2)CC1. The number of hydrogen-bond acceptors (Lipinski definition) is 3. The Morgan fingerprint density at radius 2 is 1.97 bits per heavy atom. The number of benzene rings is 1. The Balaban J connectivity index is 1.35. The van der Waals surface area contributed by atoms with Crippen molar-refractivity contribution in [1.29, 1.82) is 0 Å². The minimum absolute atomic E-state index is 0.774. The van der Waals surface area contributed by atoms with E-state index in [1.165, 1.54) is 11.1 Å². The lowest BCUT2D eigenvalue weighted by molar-refractivity contribution is 0.439. The van der Waals surface area contributed by atoms with Crippen molar-refractivity contribution in [3.05, 3.63) is 72.2 Å². The molecule has 1 aromatic carbocycles. The third kappa shape index (κ3) is 4.65. The van der Waals surface area contributed by atoms with E-state index in [9.17, 15) is 0 Å². The first-order chi connectivity index (χ1) is 14.3. The van der Waals surface area contributed by atoms with Gasteiger partial charge in [0.2, 0.25) is 0 Å². The van der Waals surface area contributed by atoms with Crippen molar-refractivity contribution in [3.63, 3.8) is 0 Å². The molecule has 6 heteroatoms. The molecule has 0 saturated carbocycles. The molecule has 150 valence electrons. The summed E-state index contributed by atoms with van der Waals surface area (Å²) in [7, 11) is 0. The second kappa shape index (κ2) is 9.37. The molecule has 6 nitrogen and oxygen atoms in total. The average molecular weight is 389 g/mol. The van der Waals surface area contributed by atoms with E-state index < -0.39 is 0 Å². The first-order valence-corrected chi connectivity index (χ1v) is 10.4. The Morgan fingerprint density at radius 3 is 2.76 bits per heavy atom. The number of guanidine groups is 1. The highest BCUT2D eigenvalue weighted by Crippen LogP contribution is 2.22. The number of rotatable bonds is 6. The summed E-state index contributed by atoms with van der Waals surface area (Å²) in [6.45, 7) is 5.65. The fraction of sp³-hybridized carbons (Fsp3) is 0.348. The zero-order chi connectivity index (χ0) is 19.9. The van der Waals surface area contributed by atoms with Crippen LogP contribution in [0.1, 0.15) is 31.2 Å². The monoisotopic (exact) mass is 388 g/mol. The van der Waals surface area contributed by atoms with Crippen molar-refractivity contribution in [3.8, 4) is 0 Å². The van der Waals surface area contributed by atoms with Crippen molar-refractivity contribution in [2.24, 2.45) is 4.99 Å². The number of aliphatic imine (C=N–C) groups is 1. The molecule has 29 heavy (non-hydrogen) atoms. The average Bonchev–Trinajstić information content (AvgIpc) is 3.20. The first kappa shape index (κ1) is 19.2. The number of aryl methyl sites for hydroxylation is 1. The van der Waals surface area contributed by atoms with E-state index in [1.54, 1.807) is 0 Å². The van der Waals surface area contributed by atoms with Crippen molar-refractivity contribution < 1.29 is 0 Å². The fourth-order valence-corrected chi connectivity index (χ4v) is 3.69. The van der Waals surface area contributed by atoms with E-state index >= 15 is 0 Å². The van der Waals surface area contributed by atoms with Gasteiger partial charge in [-0.1, -0.05) is 42.5 Å². The van der Waals surface area contributed by atoms with Crippen LogP contribution in [0.4, 0.5) is 0 Å². The van der Waals surface area contributed by atoms with Gasteiger partial charge < -0.3 is 10.2 Å². The summed E-state index contributed by atoms with van der Waals surface area (Å²) in [5.74, 6) is 2.00. The maximum atomic E-state index is 4.86. The number of hydrogen-bond donors (Lipinski definition) is 1. The van der Waals surface area contributed by atoms with Gasteiger partial charge in [0, 0.05) is 38.8 Å². The van der Waals surface area contributed by atoms with Crippen molar-refractivity contribution in [2.75, 3.05) is 26.2 Å². The van der Waals surface area contributed by atoms with Gasteiger partial charge in [-0.2, -0.15) is 0 Å². The molecule has 1 aliphatic rings. The van der Waals surface area contributed by atoms with E-state index in [4.69, 9.17) is 4.99 Å². The van der Waals surface area contributed by atoms with Gasteiger partial charge in [0.15, 0.2) is 11.6 Å². The van der Waals surface area contributed by atoms with Crippen LogP contribution in [0.25, 0.3) is 11.2 Å². The van der Waals surface area contributed by atoms with Crippen LogP contribution in [0.3, 0.4) is 0 Å². The smallest absolute Gasteiger partial charge is 0.194 e. The summed E-state index contributed by atoms with van der Waals surface area (Å²) in [5, 5.41) is 12.0. The van der Waals surface area contributed by atoms with Crippen molar-refractivity contribution in [2.45, 2.75) is 26.2 Å². The zero-order valence-electron chi connectivity index (χ0n) is 17.0. The minimum atomic E-state index is 0.774. The number of fused-ring (bicyclic) bond motifs is 1. The second-order valence-electron chi connectivity index (χ2n) is 7.18. The van der Waals surface area contributed by atoms with E-state index in [0.29, 0.717) is 0 Å². The highest BCUT2D eigenvalue weighted by Gasteiger charge is 2.16. The Morgan fingerprint density at radius 1 is 1.10 bits per heavy atom. The van der Waals surface area contributed by atoms with Gasteiger partial charge in [0.05, 0.1) is 0 Å². The van der Waals surface area contributed by atoms with E-state index in [1.807, 2.05) is 24.4 Å². The zero-order valence-corrected chi connectivity index (χ0v) is 17.0. The second-order valence-corrected chi connectivity index (χ2v) is 7.18. The fourth-order valence-electron chi connectivity index (χ4n) is 3.69. The van der Waals surface area contributed by atoms with Crippen LogP contribution in [-0.4, -0.2) is 51.6 Å². The maximum absolute atomic E-state index is 4.86. The highest BCUT2D eigenvalue weighted by molar-refractivity contribution is 5.81. The van der Waals surface area contributed by atoms with Crippen LogP contribution in [0, 0.1) is 0 Å². The van der Waals surface area contributed by atoms with Gasteiger partial charge in [0.1, 0.15) is 5.82 Å². The number of nitrogens with one attached hydrogen (secondary N) is 1. The topological polar surface area (TPSA) is 57.8 Å². The molecule has 0 saturated heterocycles. The van der Waals surface area contributed by atoms with E-state index in [-0.39, 0.29) is 0 Å². The molecule has 0 aliphatic carbocycles. The molecule has 0 spiro atoms. The van der Waals surface area contributed by atoms with Crippen LogP contribution >= 0.6 is 0 Å². The Kier molecular flexibility index (Phi) is 6.19. The molecule has 3 aromatic rings. The Bertz CT molecular complexity index is 989. The predicted octanol–water partition coefficient (Wildman–Crippen LogP) is 3.42. The molecule has 0 amide bonds. The lowest BCUT2D eigenvalue weighted by atomic mass is 10.00. The number of nitrogens with zero attached hydrogens (tertiary/aromatic N) is 5. The largest absolute Gasteiger partial charge is 0.357 e. The summed E-state index contributed by atoms with van der Waals surface area (Å²) in [4.78, 5) is 7.19. The molecule has 4 rings (SSSR count). The van der Waals surface area contributed by atoms with Gasteiger partial charge in [-0.3, -0.25) is 9.39 Å². The summed E-state index contributed by atoms with van der Waals surface area (Å²) in [6.07, 6.45) is 7.20. The molecule has 0 fully saturated rings. The van der Waals surface area contributed by atoms with Gasteiger partial charge in [-0.25, -0.2) is 0 Å². The van der Waals surface area contributed by atoms with Crippen LogP contribution in [0.5, 0.6) is 0 Å². The molecule has 0 unspecified atom stereocenters. The normalized spacial score (nSPS) is 14.9. The van der Waals surface area contributed by atoms with Gasteiger partial charge in [-0.05, 0) is 43.0 Å². The number of aromatic nitrogens is 3. The molecule has 1 N–H and O–H groups in total. The molecular formula is C23H28N6. The Labute approximate surface area is 172 Å². The molecular weight excluding hydrogens is 360 g/mol.